The van der Waals surface area contributed by atoms with E-state index in [9.17, 15) is 17.8 Å². The fourth-order valence-electron chi connectivity index (χ4n) is 0.851. The summed E-state index contributed by atoms with van der Waals surface area (Å²) in [7, 11) is -4.16. The molecular weight excluding hydrogens is 257 g/mol. The van der Waals surface area contributed by atoms with Crippen molar-refractivity contribution in [1.82, 2.24) is 5.32 Å². The minimum absolute atomic E-state index is 0. The summed E-state index contributed by atoms with van der Waals surface area (Å²) >= 11 is 0. The molecule has 0 radical (unpaired) electrons. The molecule has 0 atom stereocenters. The molecule has 0 aromatic rings. The molecule has 0 heterocycles. The Morgan fingerprint density at radius 1 is 1.38 bits per heavy atom. The second kappa shape index (κ2) is 8.18. The zero-order valence-electron chi connectivity index (χ0n) is 10.4. The molecule has 0 fully saturated rings. The van der Waals surface area contributed by atoms with Crippen LogP contribution in [-0.2, 0) is 14.9 Å². The fourth-order valence-corrected chi connectivity index (χ4v) is 1.35. The largest absolute Gasteiger partial charge is 1.00 e. The minimum Gasteiger partial charge on any atom is -0.748 e. The van der Waals surface area contributed by atoms with E-state index in [0.29, 0.717) is 6.42 Å². The van der Waals surface area contributed by atoms with Crippen LogP contribution in [-0.4, -0.2) is 31.2 Å². The molecule has 1 N–H and O–H groups in total. The summed E-state index contributed by atoms with van der Waals surface area (Å²) in [6.45, 7) is 5.75. The molecule has 0 rings (SSSR count). The van der Waals surface area contributed by atoms with Gasteiger partial charge in [-0.05, 0) is 12.8 Å². The zero-order chi connectivity index (χ0) is 12.1. The maximum atomic E-state index is 11.5. The van der Waals surface area contributed by atoms with Crippen molar-refractivity contribution in [2.24, 2.45) is 5.41 Å². The van der Waals surface area contributed by atoms with Crippen LogP contribution in [0.2, 0.25) is 0 Å². The predicted molar refractivity (Wildman–Crippen MR) is 56.3 cm³/mol. The molecule has 5 nitrogen and oxygen atoms in total. The number of hydrogen-bond donors (Lipinski definition) is 1. The molecule has 1 amide bonds. The van der Waals surface area contributed by atoms with E-state index in [4.69, 9.17) is 0 Å². The van der Waals surface area contributed by atoms with Crippen molar-refractivity contribution in [3.8, 4) is 0 Å². The first-order valence-corrected chi connectivity index (χ1v) is 6.48. The van der Waals surface area contributed by atoms with Crippen molar-refractivity contribution in [3.63, 3.8) is 0 Å². The van der Waals surface area contributed by atoms with Crippen molar-refractivity contribution < 1.29 is 69.1 Å². The number of carbonyl (C=O) groups excluding carboxylic acids is 1. The van der Waals surface area contributed by atoms with Crippen molar-refractivity contribution in [1.29, 1.82) is 0 Å². The van der Waals surface area contributed by atoms with Gasteiger partial charge in [-0.2, -0.15) is 0 Å². The van der Waals surface area contributed by atoms with Gasteiger partial charge in [0.15, 0.2) is 0 Å². The number of hydrogen-bond acceptors (Lipinski definition) is 4. The molecule has 0 aromatic heterocycles. The van der Waals surface area contributed by atoms with Gasteiger partial charge in [-0.15, -0.1) is 0 Å². The van der Waals surface area contributed by atoms with E-state index in [1.165, 1.54) is 0 Å². The number of rotatable bonds is 6. The third kappa shape index (κ3) is 9.09. The fraction of sp³-hybridized carbons (Fsp3) is 0.889. The van der Waals surface area contributed by atoms with Crippen molar-refractivity contribution >= 4 is 16.0 Å². The average Bonchev–Trinajstić information content (AvgIpc) is 2.10. The first-order chi connectivity index (χ1) is 6.69. The molecule has 0 bridgehead atoms. The van der Waals surface area contributed by atoms with Gasteiger partial charge in [-0.25, -0.2) is 8.42 Å². The topological polar surface area (TPSA) is 86.3 Å². The Morgan fingerprint density at radius 3 is 2.25 bits per heavy atom. The summed E-state index contributed by atoms with van der Waals surface area (Å²) in [5.41, 5.74) is -0.448. The first kappa shape index (κ1) is 19.4. The van der Waals surface area contributed by atoms with Gasteiger partial charge >= 0.3 is 51.4 Å². The molecule has 90 valence electrons. The Morgan fingerprint density at radius 2 is 1.88 bits per heavy atom. The maximum absolute atomic E-state index is 11.5. The van der Waals surface area contributed by atoms with E-state index in [0.717, 1.165) is 0 Å². The molecule has 0 aliphatic rings. The van der Waals surface area contributed by atoms with Gasteiger partial charge in [0.1, 0.15) is 0 Å². The van der Waals surface area contributed by atoms with E-state index in [2.05, 4.69) is 5.32 Å². The second-order valence-electron chi connectivity index (χ2n) is 4.11. The molecular formula is C9H18KNO4S. The Hall–Kier alpha value is 1.02. The monoisotopic (exact) mass is 275 g/mol. The van der Waals surface area contributed by atoms with Crippen molar-refractivity contribution in [2.75, 3.05) is 12.3 Å². The van der Waals surface area contributed by atoms with Gasteiger partial charge in [0.25, 0.3) is 0 Å². The molecule has 0 spiro atoms. The van der Waals surface area contributed by atoms with E-state index in [1.54, 1.807) is 0 Å². The van der Waals surface area contributed by atoms with Crippen LogP contribution in [0.15, 0.2) is 0 Å². The Bertz CT molecular complexity index is 313. The molecule has 0 saturated carbocycles. The number of nitrogens with one attached hydrogen (secondary N) is 1. The summed E-state index contributed by atoms with van der Waals surface area (Å²) in [6, 6.07) is 0. The normalized spacial score (nSPS) is 11.8. The molecule has 7 heteroatoms. The third-order valence-corrected chi connectivity index (χ3v) is 3.14. The molecule has 0 saturated heterocycles. The van der Waals surface area contributed by atoms with E-state index >= 15 is 0 Å². The van der Waals surface area contributed by atoms with E-state index in [-0.39, 0.29) is 70.3 Å². The van der Waals surface area contributed by atoms with Gasteiger partial charge in [0, 0.05) is 17.7 Å². The van der Waals surface area contributed by atoms with Crippen LogP contribution in [0.1, 0.15) is 33.6 Å². The predicted octanol–water partition coefficient (Wildman–Crippen LogP) is -2.52. The van der Waals surface area contributed by atoms with Crippen LogP contribution < -0.4 is 56.7 Å². The first-order valence-electron chi connectivity index (χ1n) is 4.91. The second-order valence-corrected chi connectivity index (χ2v) is 5.63. The summed E-state index contributed by atoms with van der Waals surface area (Å²) in [6.07, 6.45) is 0.871. The summed E-state index contributed by atoms with van der Waals surface area (Å²) in [5.74, 6) is -0.548. The minimum atomic E-state index is -4.16. The van der Waals surface area contributed by atoms with Crippen LogP contribution in [0, 0.1) is 5.41 Å². The molecule has 0 aliphatic heterocycles. The van der Waals surface area contributed by atoms with Gasteiger partial charge in [-0.3, -0.25) is 4.79 Å². The summed E-state index contributed by atoms with van der Waals surface area (Å²) in [4.78, 5) is 11.5. The van der Waals surface area contributed by atoms with Crippen LogP contribution in [0.5, 0.6) is 0 Å². The third-order valence-electron chi connectivity index (χ3n) is 2.36. The molecule has 0 unspecified atom stereocenters. The standard InChI is InChI=1S/C9H19NO4S.K/c1-4-9(2,3)8(11)10-6-5-7-15(12,13)14;/h4-7H2,1-3H3,(H,10,11)(H,12,13,14);/q;+1/p-1. The number of amides is 1. The molecule has 0 aliphatic carbocycles. The van der Waals surface area contributed by atoms with E-state index < -0.39 is 21.3 Å². The molecule has 16 heavy (non-hydrogen) atoms. The summed E-state index contributed by atoms with van der Waals surface area (Å²) in [5, 5.41) is 2.60. The average molecular weight is 275 g/mol. The Labute approximate surface area is 140 Å². The van der Waals surface area contributed by atoms with Crippen molar-refractivity contribution in [3.05, 3.63) is 0 Å². The smallest absolute Gasteiger partial charge is 0.748 e. The quantitative estimate of drug-likeness (QED) is 0.329. The van der Waals surface area contributed by atoms with E-state index in [1.807, 2.05) is 20.8 Å². The van der Waals surface area contributed by atoms with Gasteiger partial charge < -0.3 is 9.87 Å². The van der Waals surface area contributed by atoms with Crippen LogP contribution in [0.4, 0.5) is 0 Å². The van der Waals surface area contributed by atoms with Crippen LogP contribution in [0.3, 0.4) is 0 Å². The Kier molecular flexibility index (Phi) is 9.89. The number of carbonyl (C=O) groups is 1. The van der Waals surface area contributed by atoms with Crippen LogP contribution >= 0.6 is 0 Å². The van der Waals surface area contributed by atoms with Gasteiger partial charge in [0.2, 0.25) is 5.91 Å². The van der Waals surface area contributed by atoms with Crippen molar-refractivity contribution in [2.45, 2.75) is 33.6 Å². The molecule has 0 aromatic carbocycles. The SMILES string of the molecule is CCC(C)(C)C(=O)NCCCS(=O)(=O)[O-].[K+]. The Balaban J connectivity index is 0. The zero-order valence-corrected chi connectivity index (χ0v) is 14.3. The van der Waals surface area contributed by atoms with Crippen LogP contribution in [0.25, 0.3) is 0 Å². The maximum Gasteiger partial charge on any atom is 1.00 e. The summed E-state index contributed by atoms with van der Waals surface area (Å²) < 4.78 is 30.8. The van der Waals surface area contributed by atoms with Gasteiger partial charge in [-0.1, -0.05) is 20.8 Å². The van der Waals surface area contributed by atoms with Gasteiger partial charge in [0.05, 0.1) is 10.1 Å².